The molecule has 104 valence electrons. The Bertz CT molecular complexity index is 564. The normalized spacial score (nSPS) is 13.1. The molecule has 2 N–H and O–H groups in total. The molecule has 4 heteroatoms. The molecule has 20 heavy (non-hydrogen) atoms. The van der Waals surface area contributed by atoms with Gasteiger partial charge >= 0.3 is 0 Å². The first-order valence-electron chi connectivity index (χ1n) is 6.58. The molecule has 1 heterocycles. The van der Waals surface area contributed by atoms with Crippen molar-refractivity contribution in [2.75, 3.05) is 18.4 Å². The zero-order valence-corrected chi connectivity index (χ0v) is 12.0. The lowest BCUT2D eigenvalue weighted by molar-refractivity contribution is 0.959. The van der Waals surface area contributed by atoms with Gasteiger partial charge < -0.3 is 10.6 Å². The third-order valence-corrected chi connectivity index (χ3v) is 3.14. The van der Waals surface area contributed by atoms with Crippen LogP contribution in [0.3, 0.4) is 0 Å². The number of guanidine groups is 1. The van der Waals surface area contributed by atoms with E-state index in [4.69, 9.17) is 0 Å². The Balaban J connectivity index is 0.00000147. The standard InChI is InChI=1S/C16H17N3.ClH/c1-2-4-13(5-3-1)12-14-6-8-15(9-7-14)19-16-17-10-11-18-16;/h1-9H,10-12H2,(H2,17,18,19);1H. The van der Waals surface area contributed by atoms with E-state index in [2.05, 4.69) is 64.2 Å². The van der Waals surface area contributed by atoms with Crippen molar-refractivity contribution in [2.24, 2.45) is 4.99 Å². The van der Waals surface area contributed by atoms with Crippen LogP contribution < -0.4 is 10.6 Å². The number of aliphatic imine (C=N–C) groups is 1. The summed E-state index contributed by atoms with van der Waals surface area (Å²) < 4.78 is 0. The van der Waals surface area contributed by atoms with Crippen LogP contribution in [0.15, 0.2) is 59.6 Å². The van der Waals surface area contributed by atoms with Crippen LogP contribution in [0.4, 0.5) is 5.69 Å². The van der Waals surface area contributed by atoms with Gasteiger partial charge in [0, 0.05) is 12.2 Å². The molecule has 0 aromatic heterocycles. The van der Waals surface area contributed by atoms with Gasteiger partial charge in [-0.25, -0.2) is 0 Å². The SMILES string of the molecule is Cl.c1ccc(Cc2ccc(NC3=NCCN3)cc2)cc1. The Kier molecular flexibility index (Phi) is 5.02. The molecule has 1 aliphatic heterocycles. The van der Waals surface area contributed by atoms with Crippen molar-refractivity contribution in [1.82, 2.24) is 5.32 Å². The molecule has 0 unspecified atom stereocenters. The minimum absolute atomic E-state index is 0. The van der Waals surface area contributed by atoms with Crippen molar-refractivity contribution in [2.45, 2.75) is 6.42 Å². The number of nitrogens with one attached hydrogen (secondary N) is 2. The van der Waals surface area contributed by atoms with Gasteiger partial charge in [-0.3, -0.25) is 4.99 Å². The van der Waals surface area contributed by atoms with Crippen LogP contribution in [0.25, 0.3) is 0 Å². The molecular formula is C16H18ClN3. The fraction of sp³-hybridized carbons (Fsp3) is 0.188. The second-order valence-corrected chi connectivity index (χ2v) is 4.64. The van der Waals surface area contributed by atoms with Gasteiger partial charge in [0.2, 0.25) is 0 Å². The number of anilines is 1. The number of nitrogens with zero attached hydrogens (tertiary/aromatic N) is 1. The third kappa shape index (κ3) is 3.75. The summed E-state index contributed by atoms with van der Waals surface area (Å²) in [6.45, 7) is 1.78. The first-order chi connectivity index (χ1) is 9.40. The summed E-state index contributed by atoms with van der Waals surface area (Å²) in [4.78, 5) is 4.32. The highest BCUT2D eigenvalue weighted by atomic mass is 35.5. The lowest BCUT2D eigenvalue weighted by Crippen LogP contribution is -2.26. The van der Waals surface area contributed by atoms with E-state index < -0.39 is 0 Å². The van der Waals surface area contributed by atoms with Crippen LogP contribution in [-0.4, -0.2) is 19.0 Å². The van der Waals surface area contributed by atoms with Gasteiger partial charge in [0.25, 0.3) is 0 Å². The molecule has 2 aromatic carbocycles. The maximum Gasteiger partial charge on any atom is 0.195 e. The molecular weight excluding hydrogens is 270 g/mol. The number of rotatable bonds is 3. The van der Waals surface area contributed by atoms with Gasteiger partial charge in [-0.05, 0) is 29.7 Å². The molecule has 0 saturated carbocycles. The smallest absolute Gasteiger partial charge is 0.195 e. The van der Waals surface area contributed by atoms with Crippen LogP contribution in [0, 0.1) is 0 Å². The molecule has 0 spiro atoms. The fourth-order valence-corrected chi connectivity index (χ4v) is 2.16. The van der Waals surface area contributed by atoms with Crippen molar-refractivity contribution in [3.05, 3.63) is 65.7 Å². The molecule has 3 rings (SSSR count). The van der Waals surface area contributed by atoms with Crippen molar-refractivity contribution >= 4 is 24.1 Å². The molecule has 1 aliphatic rings. The summed E-state index contributed by atoms with van der Waals surface area (Å²) in [5.74, 6) is 0.871. The molecule has 0 atom stereocenters. The summed E-state index contributed by atoms with van der Waals surface area (Å²) in [6.07, 6.45) is 0.973. The Morgan fingerprint density at radius 3 is 2.30 bits per heavy atom. The second kappa shape index (κ2) is 6.96. The lowest BCUT2D eigenvalue weighted by atomic mass is 10.0. The van der Waals surface area contributed by atoms with Crippen LogP contribution in [0.5, 0.6) is 0 Å². The summed E-state index contributed by atoms with van der Waals surface area (Å²) in [7, 11) is 0. The Labute approximate surface area is 125 Å². The van der Waals surface area contributed by atoms with Gasteiger partial charge in [0.05, 0.1) is 6.54 Å². The Morgan fingerprint density at radius 2 is 1.65 bits per heavy atom. The van der Waals surface area contributed by atoms with Crippen LogP contribution in [0.2, 0.25) is 0 Å². The Morgan fingerprint density at radius 1 is 0.950 bits per heavy atom. The van der Waals surface area contributed by atoms with Gasteiger partial charge in [0.15, 0.2) is 5.96 Å². The predicted molar refractivity (Wildman–Crippen MR) is 86.9 cm³/mol. The molecule has 0 fully saturated rings. The average Bonchev–Trinajstić information content (AvgIpc) is 2.95. The minimum Gasteiger partial charge on any atom is -0.354 e. The summed E-state index contributed by atoms with van der Waals surface area (Å²) in [5.41, 5.74) is 3.73. The molecule has 0 bridgehead atoms. The molecule has 2 aromatic rings. The maximum absolute atomic E-state index is 4.32. The van der Waals surface area contributed by atoms with Crippen molar-refractivity contribution in [3.63, 3.8) is 0 Å². The van der Waals surface area contributed by atoms with Crippen molar-refractivity contribution in [3.8, 4) is 0 Å². The van der Waals surface area contributed by atoms with E-state index in [1.54, 1.807) is 0 Å². The molecule has 3 nitrogen and oxygen atoms in total. The van der Waals surface area contributed by atoms with Gasteiger partial charge in [0.1, 0.15) is 0 Å². The van der Waals surface area contributed by atoms with E-state index in [9.17, 15) is 0 Å². The van der Waals surface area contributed by atoms with E-state index in [0.717, 1.165) is 31.2 Å². The zero-order chi connectivity index (χ0) is 12.9. The largest absolute Gasteiger partial charge is 0.354 e. The highest BCUT2D eigenvalue weighted by Gasteiger charge is 2.04. The number of benzene rings is 2. The third-order valence-electron chi connectivity index (χ3n) is 3.14. The van der Waals surface area contributed by atoms with E-state index >= 15 is 0 Å². The molecule has 0 amide bonds. The van der Waals surface area contributed by atoms with E-state index in [1.807, 2.05) is 6.07 Å². The van der Waals surface area contributed by atoms with Crippen LogP contribution >= 0.6 is 12.4 Å². The number of hydrogen-bond donors (Lipinski definition) is 2. The van der Waals surface area contributed by atoms with E-state index in [-0.39, 0.29) is 12.4 Å². The van der Waals surface area contributed by atoms with E-state index in [0.29, 0.717) is 0 Å². The first kappa shape index (κ1) is 14.4. The molecule has 0 aliphatic carbocycles. The second-order valence-electron chi connectivity index (χ2n) is 4.64. The predicted octanol–water partition coefficient (Wildman–Crippen LogP) is 3.07. The summed E-state index contributed by atoms with van der Waals surface area (Å²) in [5, 5.41) is 6.47. The Hall–Kier alpha value is -2.00. The van der Waals surface area contributed by atoms with Crippen LogP contribution in [-0.2, 0) is 6.42 Å². The quantitative estimate of drug-likeness (QED) is 0.910. The fourth-order valence-electron chi connectivity index (χ4n) is 2.16. The topological polar surface area (TPSA) is 36.4 Å². The molecule has 0 saturated heterocycles. The monoisotopic (exact) mass is 287 g/mol. The number of halogens is 1. The maximum atomic E-state index is 4.32. The van der Waals surface area contributed by atoms with Gasteiger partial charge in [-0.2, -0.15) is 0 Å². The highest BCUT2D eigenvalue weighted by molar-refractivity contribution is 5.94. The highest BCUT2D eigenvalue weighted by Crippen LogP contribution is 2.13. The van der Waals surface area contributed by atoms with Crippen molar-refractivity contribution < 1.29 is 0 Å². The number of hydrogen-bond acceptors (Lipinski definition) is 3. The minimum atomic E-state index is 0. The summed E-state index contributed by atoms with van der Waals surface area (Å²) >= 11 is 0. The van der Waals surface area contributed by atoms with Gasteiger partial charge in [-0.1, -0.05) is 42.5 Å². The van der Waals surface area contributed by atoms with Crippen LogP contribution in [0.1, 0.15) is 11.1 Å². The first-order valence-corrected chi connectivity index (χ1v) is 6.58. The lowest BCUT2D eigenvalue weighted by Gasteiger charge is -2.07. The zero-order valence-electron chi connectivity index (χ0n) is 11.2. The molecule has 0 radical (unpaired) electrons. The van der Waals surface area contributed by atoms with E-state index in [1.165, 1.54) is 11.1 Å². The van der Waals surface area contributed by atoms with Gasteiger partial charge in [-0.15, -0.1) is 12.4 Å². The average molecular weight is 288 g/mol. The van der Waals surface area contributed by atoms with Crippen molar-refractivity contribution in [1.29, 1.82) is 0 Å². The summed E-state index contributed by atoms with van der Waals surface area (Å²) in [6, 6.07) is 19.0.